The van der Waals surface area contributed by atoms with Crippen LogP contribution in [0.2, 0.25) is 0 Å². The second-order valence-electron chi connectivity index (χ2n) is 3.12. The van der Waals surface area contributed by atoms with Gasteiger partial charge in [-0.1, -0.05) is 26.0 Å². The van der Waals surface area contributed by atoms with Gasteiger partial charge < -0.3 is 5.32 Å². The lowest BCUT2D eigenvalue weighted by molar-refractivity contribution is 0.112. The van der Waals surface area contributed by atoms with Crippen molar-refractivity contribution in [1.82, 2.24) is 5.32 Å². The van der Waals surface area contributed by atoms with Gasteiger partial charge in [0.1, 0.15) is 12.1 Å². The molecule has 0 spiro atoms. The third-order valence-corrected chi connectivity index (χ3v) is 1.56. The van der Waals surface area contributed by atoms with Gasteiger partial charge in [0.25, 0.3) is 0 Å². The van der Waals surface area contributed by atoms with E-state index in [1.165, 1.54) is 18.2 Å². The number of hydrogen-bond acceptors (Lipinski definition) is 2. The molecule has 0 saturated heterocycles. The van der Waals surface area contributed by atoms with E-state index in [0.717, 1.165) is 0 Å². The Balaban J connectivity index is 0.000000292. The van der Waals surface area contributed by atoms with Crippen LogP contribution in [0.25, 0.3) is 0 Å². The minimum Gasteiger partial charge on any atom is -0.318 e. The van der Waals surface area contributed by atoms with Crippen molar-refractivity contribution in [3.05, 3.63) is 35.6 Å². The van der Waals surface area contributed by atoms with Crippen LogP contribution >= 0.6 is 0 Å². The van der Waals surface area contributed by atoms with Gasteiger partial charge in [-0.05, 0) is 19.2 Å². The van der Waals surface area contributed by atoms with Crippen LogP contribution < -0.4 is 5.32 Å². The lowest BCUT2D eigenvalue weighted by atomic mass is 10.2. The second kappa shape index (κ2) is 7.21. The first-order chi connectivity index (χ1) is 6.60. The molecule has 0 saturated carbocycles. The van der Waals surface area contributed by atoms with E-state index in [0.29, 0.717) is 17.9 Å². The summed E-state index contributed by atoms with van der Waals surface area (Å²) in [4.78, 5) is 9.99. The van der Waals surface area contributed by atoms with Gasteiger partial charge in [-0.15, -0.1) is 0 Å². The highest BCUT2D eigenvalue weighted by Gasteiger charge is 1.89. The molecule has 0 bridgehead atoms. The molecule has 0 aliphatic carbocycles. The van der Waals surface area contributed by atoms with E-state index in [9.17, 15) is 9.18 Å². The molecule has 0 unspecified atom stereocenters. The Morgan fingerprint density at radius 3 is 2.29 bits per heavy atom. The van der Waals surface area contributed by atoms with E-state index in [-0.39, 0.29) is 5.82 Å². The number of nitrogens with one attached hydrogen (secondary N) is 1. The predicted octanol–water partition coefficient (Wildman–Crippen LogP) is 2.25. The number of aldehydes is 1. The number of rotatable bonds is 2. The third kappa shape index (κ3) is 6.31. The summed E-state index contributed by atoms with van der Waals surface area (Å²) in [6.45, 7) is 4.22. The quantitative estimate of drug-likeness (QED) is 0.737. The SMILES string of the molecule is CNC(C)C.O=Cc1cccc(F)c1. The molecule has 0 fully saturated rings. The number of benzene rings is 1. The molecule has 14 heavy (non-hydrogen) atoms. The molecule has 1 aromatic rings. The van der Waals surface area contributed by atoms with Crippen LogP contribution in [0.15, 0.2) is 24.3 Å². The molecule has 1 rings (SSSR count). The first-order valence-electron chi connectivity index (χ1n) is 4.48. The van der Waals surface area contributed by atoms with E-state index in [1.807, 2.05) is 7.05 Å². The van der Waals surface area contributed by atoms with Crippen molar-refractivity contribution in [2.45, 2.75) is 19.9 Å². The fourth-order valence-electron chi connectivity index (χ4n) is 0.580. The fourth-order valence-corrected chi connectivity index (χ4v) is 0.580. The highest BCUT2D eigenvalue weighted by atomic mass is 19.1. The molecule has 3 heteroatoms. The molecule has 0 heterocycles. The van der Waals surface area contributed by atoms with Gasteiger partial charge in [0.2, 0.25) is 0 Å². The maximum absolute atomic E-state index is 12.2. The lowest BCUT2D eigenvalue weighted by Crippen LogP contribution is -2.15. The highest BCUT2D eigenvalue weighted by Crippen LogP contribution is 1.99. The Bertz CT molecular complexity index is 274. The van der Waals surface area contributed by atoms with Gasteiger partial charge in [-0.2, -0.15) is 0 Å². The minimum absolute atomic E-state index is 0.370. The van der Waals surface area contributed by atoms with Crippen molar-refractivity contribution in [1.29, 1.82) is 0 Å². The van der Waals surface area contributed by atoms with E-state index < -0.39 is 0 Å². The van der Waals surface area contributed by atoms with Gasteiger partial charge in [0.15, 0.2) is 0 Å². The van der Waals surface area contributed by atoms with E-state index in [2.05, 4.69) is 19.2 Å². The zero-order valence-electron chi connectivity index (χ0n) is 8.75. The van der Waals surface area contributed by atoms with Crippen LogP contribution in [0.3, 0.4) is 0 Å². The number of halogens is 1. The number of carbonyl (C=O) groups excluding carboxylic acids is 1. The van der Waals surface area contributed by atoms with E-state index in [4.69, 9.17) is 0 Å². The zero-order valence-corrected chi connectivity index (χ0v) is 8.75. The molecular formula is C11H16FNO. The molecule has 0 atom stereocenters. The monoisotopic (exact) mass is 197 g/mol. The van der Waals surface area contributed by atoms with Gasteiger partial charge in [-0.3, -0.25) is 4.79 Å². The standard InChI is InChI=1S/C7H5FO.C4H11N/c8-7-3-1-2-6(4-7)5-9;1-4(2)5-3/h1-5H;4-5H,1-3H3. The summed E-state index contributed by atoms with van der Waals surface area (Å²) in [5.74, 6) is -0.375. The summed E-state index contributed by atoms with van der Waals surface area (Å²) in [5.41, 5.74) is 0.370. The molecule has 0 aromatic heterocycles. The topological polar surface area (TPSA) is 29.1 Å². The number of hydrogen-bond donors (Lipinski definition) is 1. The largest absolute Gasteiger partial charge is 0.318 e. The summed E-state index contributed by atoms with van der Waals surface area (Å²) in [7, 11) is 1.95. The van der Waals surface area contributed by atoms with Crippen molar-refractivity contribution in [2.24, 2.45) is 0 Å². The third-order valence-electron chi connectivity index (χ3n) is 1.56. The Hall–Kier alpha value is -1.22. The minimum atomic E-state index is -0.375. The van der Waals surface area contributed by atoms with Crippen molar-refractivity contribution in [2.75, 3.05) is 7.05 Å². The summed E-state index contributed by atoms with van der Waals surface area (Å²) >= 11 is 0. The Labute approximate surface area is 84.1 Å². The Morgan fingerprint density at radius 1 is 1.43 bits per heavy atom. The molecule has 1 N–H and O–H groups in total. The summed E-state index contributed by atoms with van der Waals surface area (Å²) in [6.07, 6.45) is 0.614. The zero-order chi connectivity index (χ0) is 11.0. The maximum Gasteiger partial charge on any atom is 0.150 e. The first-order valence-corrected chi connectivity index (χ1v) is 4.48. The normalized spacial score (nSPS) is 9.21. The van der Waals surface area contributed by atoms with E-state index >= 15 is 0 Å². The molecule has 0 radical (unpaired) electrons. The average Bonchev–Trinajstić information content (AvgIpc) is 2.18. The summed E-state index contributed by atoms with van der Waals surface area (Å²) in [5, 5.41) is 3.03. The Kier molecular flexibility index (Phi) is 6.58. The average molecular weight is 197 g/mol. The van der Waals surface area contributed by atoms with Crippen molar-refractivity contribution < 1.29 is 9.18 Å². The van der Waals surface area contributed by atoms with Gasteiger partial charge in [0.05, 0.1) is 0 Å². The maximum atomic E-state index is 12.2. The van der Waals surface area contributed by atoms with Crippen LogP contribution in [0.1, 0.15) is 24.2 Å². The van der Waals surface area contributed by atoms with Crippen LogP contribution in [-0.2, 0) is 0 Å². The molecule has 2 nitrogen and oxygen atoms in total. The Morgan fingerprint density at radius 2 is 2.00 bits per heavy atom. The first kappa shape index (κ1) is 12.8. The van der Waals surface area contributed by atoms with E-state index in [1.54, 1.807) is 6.07 Å². The van der Waals surface area contributed by atoms with Crippen LogP contribution in [0, 0.1) is 5.82 Å². The molecule has 0 amide bonds. The number of carbonyl (C=O) groups is 1. The van der Waals surface area contributed by atoms with Crippen molar-refractivity contribution in [3.63, 3.8) is 0 Å². The van der Waals surface area contributed by atoms with Crippen LogP contribution in [0.4, 0.5) is 4.39 Å². The molecule has 1 aromatic carbocycles. The molecule has 0 aliphatic heterocycles. The summed E-state index contributed by atoms with van der Waals surface area (Å²) in [6, 6.07) is 6.17. The lowest BCUT2D eigenvalue weighted by Gasteiger charge is -1.95. The summed E-state index contributed by atoms with van der Waals surface area (Å²) < 4.78 is 12.2. The smallest absolute Gasteiger partial charge is 0.150 e. The molecular weight excluding hydrogens is 181 g/mol. The van der Waals surface area contributed by atoms with Crippen LogP contribution in [-0.4, -0.2) is 19.4 Å². The molecule has 0 aliphatic rings. The van der Waals surface area contributed by atoms with Gasteiger partial charge in [0, 0.05) is 11.6 Å². The van der Waals surface area contributed by atoms with Crippen molar-refractivity contribution >= 4 is 6.29 Å². The highest BCUT2D eigenvalue weighted by molar-refractivity contribution is 5.74. The fraction of sp³-hybridized carbons (Fsp3) is 0.364. The van der Waals surface area contributed by atoms with Crippen LogP contribution in [0.5, 0.6) is 0 Å². The van der Waals surface area contributed by atoms with Crippen molar-refractivity contribution in [3.8, 4) is 0 Å². The van der Waals surface area contributed by atoms with Gasteiger partial charge in [-0.25, -0.2) is 4.39 Å². The molecule has 78 valence electrons. The van der Waals surface area contributed by atoms with Gasteiger partial charge >= 0.3 is 0 Å². The predicted molar refractivity (Wildman–Crippen MR) is 56.0 cm³/mol. The second-order valence-corrected chi connectivity index (χ2v) is 3.12.